The summed E-state index contributed by atoms with van der Waals surface area (Å²) in [5.74, 6) is 2.15. The molecule has 2 fully saturated rings. The number of carbonyl (C=O) groups excluding carboxylic acids is 1. The molecular formula is C19H25ClO. The van der Waals surface area contributed by atoms with Crippen LogP contribution in [0, 0.1) is 31.6 Å². The minimum Gasteiger partial charge on any atom is -0.294 e. The normalized spacial score (nSPS) is 29.0. The van der Waals surface area contributed by atoms with Crippen LogP contribution in [0.25, 0.3) is 0 Å². The molecule has 0 aromatic heterocycles. The third-order valence-electron chi connectivity index (χ3n) is 5.76. The maximum Gasteiger partial charge on any atom is 0.167 e. The number of rotatable bonds is 2. The Kier molecular flexibility index (Phi) is 4.40. The third-order valence-corrected chi connectivity index (χ3v) is 6.07. The molecule has 0 radical (unpaired) electrons. The van der Waals surface area contributed by atoms with E-state index in [0.717, 1.165) is 41.4 Å². The van der Waals surface area contributed by atoms with E-state index in [-0.39, 0.29) is 11.7 Å². The summed E-state index contributed by atoms with van der Waals surface area (Å²) in [6, 6.07) is 3.93. The molecule has 21 heavy (non-hydrogen) atoms. The molecule has 0 aliphatic heterocycles. The number of Topliss-reactive ketones (excluding diaryl/α,β-unsaturated/α-hetero) is 1. The zero-order valence-electron chi connectivity index (χ0n) is 13.1. The second-order valence-electron chi connectivity index (χ2n) is 7.10. The maximum atomic E-state index is 12.9. The van der Waals surface area contributed by atoms with Gasteiger partial charge in [0.25, 0.3) is 0 Å². The van der Waals surface area contributed by atoms with Crippen molar-refractivity contribution in [1.29, 1.82) is 0 Å². The molecule has 1 aromatic carbocycles. The van der Waals surface area contributed by atoms with Gasteiger partial charge in [-0.2, -0.15) is 0 Å². The van der Waals surface area contributed by atoms with E-state index in [9.17, 15) is 4.79 Å². The molecule has 2 aliphatic rings. The number of hydrogen-bond donors (Lipinski definition) is 0. The fourth-order valence-electron chi connectivity index (χ4n) is 4.30. The summed E-state index contributed by atoms with van der Waals surface area (Å²) in [5, 5.41) is 0.633. The van der Waals surface area contributed by atoms with E-state index in [4.69, 9.17) is 11.6 Å². The minimum absolute atomic E-state index is 0.198. The largest absolute Gasteiger partial charge is 0.294 e. The lowest BCUT2D eigenvalue weighted by atomic mass is 9.66. The van der Waals surface area contributed by atoms with Gasteiger partial charge in [0.05, 0.1) is 5.02 Å². The number of carbonyl (C=O) groups is 1. The Morgan fingerprint density at radius 3 is 2.43 bits per heavy atom. The summed E-state index contributed by atoms with van der Waals surface area (Å²) in [6.07, 6.45) is 8.85. The monoisotopic (exact) mass is 304 g/mol. The lowest BCUT2D eigenvalue weighted by Gasteiger charge is -2.38. The number of ketones is 1. The molecule has 1 nitrogen and oxygen atoms in total. The first-order valence-electron chi connectivity index (χ1n) is 8.37. The molecule has 1 aromatic rings. The first kappa shape index (κ1) is 15.1. The smallest absolute Gasteiger partial charge is 0.167 e. The van der Waals surface area contributed by atoms with Crippen molar-refractivity contribution in [3.63, 3.8) is 0 Å². The molecule has 0 N–H and O–H groups in total. The predicted octanol–water partition coefficient (Wildman–Crippen LogP) is 5.75. The van der Waals surface area contributed by atoms with Crippen LogP contribution in [-0.4, -0.2) is 5.78 Å². The number of benzene rings is 1. The summed E-state index contributed by atoms with van der Waals surface area (Å²) in [7, 11) is 0. The van der Waals surface area contributed by atoms with Crippen LogP contribution in [0.15, 0.2) is 12.1 Å². The van der Waals surface area contributed by atoms with Gasteiger partial charge in [-0.3, -0.25) is 4.79 Å². The molecule has 2 saturated carbocycles. The molecule has 3 rings (SSSR count). The van der Waals surface area contributed by atoms with E-state index in [1.165, 1.54) is 32.1 Å². The Hall–Kier alpha value is -0.820. The predicted molar refractivity (Wildman–Crippen MR) is 88.0 cm³/mol. The quantitative estimate of drug-likeness (QED) is 0.636. The van der Waals surface area contributed by atoms with Crippen LogP contribution in [-0.2, 0) is 0 Å². The molecule has 114 valence electrons. The molecule has 3 unspecified atom stereocenters. The fraction of sp³-hybridized carbons (Fsp3) is 0.632. The molecule has 3 atom stereocenters. The van der Waals surface area contributed by atoms with Crippen molar-refractivity contribution in [2.45, 2.75) is 58.8 Å². The molecular weight excluding hydrogens is 280 g/mol. The number of aryl methyl sites for hydroxylation is 2. The van der Waals surface area contributed by atoms with Crippen LogP contribution in [0.1, 0.15) is 66.4 Å². The van der Waals surface area contributed by atoms with Crippen LogP contribution < -0.4 is 0 Å². The molecule has 0 bridgehead atoms. The lowest BCUT2D eigenvalue weighted by Crippen LogP contribution is -2.31. The molecule has 0 heterocycles. The van der Waals surface area contributed by atoms with Crippen molar-refractivity contribution in [2.24, 2.45) is 17.8 Å². The standard InChI is InChI=1S/C19H25ClO/c1-12-9-17(18(20)10-13(12)2)19(21)16-8-7-14-5-3-4-6-15(14)11-16/h9-10,14-16H,3-8,11H2,1-2H3. The Morgan fingerprint density at radius 2 is 1.67 bits per heavy atom. The maximum absolute atomic E-state index is 12.9. The van der Waals surface area contributed by atoms with E-state index >= 15 is 0 Å². The van der Waals surface area contributed by atoms with Crippen LogP contribution >= 0.6 is 11.6 Å². The average Bonchev–Trinajstić information content (AvgIpc) is 2.50. The molecule has 0 spiro atoms. The van der Waals surface area contributed by atoms with Crippen molar-refractivity contribution >= 4 is 17.4 Å². The minimum atomic E-state index is 0.198. The third kappa shape index (κ3) is 3.04. The van der Waals surface area contributed by atoms with E-state index < -0.39 is 0 Å². The molecule has 0 saturated heterocycles. The zero-order chi connectivity index (χ0) is 15.0. The van der Waals surface area contributed by atoms with E-state index in [1.54, 1.807) is 0 Å². The van der Waals surface area contributed by atoms with Crippen LogP contribution in [0.3, 0.4) is 0 Å². The zero-order valence-corrected chi connectivity index (χ0v) is 13.9. The summed E-state index contributed by atoms with van der Waals surface area (Å²) < 4.78 is 0. The highest BCUT2D eigenvalue weighted by atomic mass is 35.5. The van der Waals surface area contributed by atoms with Crippen molar-refractivity contribution in [2.75, 3.05) is 0 Å². The first-order chi connectivity index (χ1) is 10.1. The van der Waals surface area contributed by atoms with Gasteiger partial charge < -0.3 is 0 Å². The fourth-order valence-corrected chi connectivity index (χ4v) is 4.61. The van der Waals surface area contributed by atoms with E-state index in [0.29, 0.717) is 5.02 Å². The van der Waals surface area contributed by atoms with Crippen molar-refractivity contribution in [1.82, 2.24) is 0 Å². The Bertz CT molecular complexity index is 549. The second-order valence-corrected chi connectivity index (χ2v) is 7.50. The molecule has 2 aliphatic carbocycles. The Morgan fingerprint density at radius 1 is 1.00 bits per heavy atom. The van der Waals surface area contributed by atoms with E-state index in [2.05, 4.69) is 6.92 Å². The van der Waals surface area contributed by atoms with Gasteiger partial charge in [0, 0.05) is 11.5 Å². The van der Waals surface area contributed by atoms with Gasteiger partial charge in [0.2, 0.25) is 0 Å². The van der Waals surface area contributed by atoms with Crippen LogP contribution in [0.5, 0.6) is 0 Å². The SMILES string of the molecule is Cc1cc(Cl)c(C(=O)C2CCC3CCCCC3C2)cc1C. The van der Waals surface area contributed by atoms with Crippen LogP contribution in [0.4, 0.5) is 0 Å². The van der Waals surface area contributed by atoms with Crippen molar-refractivity contribution in [3.8, 4) is 0 Å². The molecule has 0 amide bonds. The van der Waals surface area contributed by atoms with Crippen molar-refractivity contribution < 1.29 is 4.79 Å². The van der Waals surface area contributed by atoms with Gasteiger partial charge in [0.1, 0.15) is 0 Å². The topological polar surface area (TPSA) is 17.1 Å². The Labute approximate surface area is 133 Å². The summed E-state index contributed by atoms with van der Waals surface area (Å²) in [4.78, 5) is 12.9. The summed E-state index contributed by atoms with van der Waals surface area (Å²) >= 11 is 6.33. The van der Waals surface area contributed by atoms with Crippen LogP contribution in [0.2, 0.25) is 5.02 Å². The van der Waals surface area contributed by atoms with Gasteiger partial charge in [-0.25, -0.2) is 0 Å². The van der Waals surface area contributed by atoms with Gasteiger partial charge in [-0.05, 0) is 68.2 Å². The Balaban J connectivity index is 1.78. The highest BCUT2D eigenvalue weighted by molar-refractivity contribution is 6.34. The lowest BCUT2D eigenvalue weighted by molar-refractivity contribution is 0.0763. The van der Waals surface area contributed by atoms with Crippen molar-refractivity contribution in [3.05, 3.63) is 33.8 Å². The highest BCUT2D eigenvalue weighted by Gasteiger charge is 2.35. The van der Waals surface area contributed by atoms with Gasteiger partial charge in [-0.1, -0.05) is 37.3 Å². The summed E-state index contributed by atoms with van der Waals surface area (Å²) in [6.45, 7) is 4.10. The first-order valence-corrected chi connectivity index (χ1v) is 8.75. The van der Waals surface area contributed by atoms with Gasteiger partial charge in [-0.15, -0.1) is 0 Å². The number of hydrogen-bond acceptors (Lipinski definition) is 1. The second kappa shape index (κ2) is 6.12. The number of halogens is 1. The summed E-state index contributed by atoms with van der Waals surface area (Å²) in [5.41, 5.74) is 3.07. The average molecular weight is 305 g/mol. The highest BCUT2D eigenvalue weighted by Crippen LogP contribution is 2.43. The van der Waals surface area contributed by atoms with E-state index in [1.807, 2.05) is 19.1 Å². The number of fused-ring (bicyclic) bond motifs is 1. The van der Waals surface area contributed by atoms with Gasteiger partial charge in [0.15, 0.2) is 5.78 Å². The molecule has 2 heteroatoms. The van der Waals surface area contributed by atoms with Gasteiger partial charge >= 0.3 is 0 Å².